The Kier molecular flexibility index (Phi) is 4.64. The lowest BCUT2D eigenvalue weighted by Gasteiger charge is -2.13. The van der Waals surface area contributed by atoms with Crippen molar-refractivity contribution in [3.63, 3.8) is 0 Å². The summed E-state index contributed by atoms with van der Waals surface area (Å²) in [5.41, 5.74) is -0.278. The van der Waals surface area contributed by atoms with E-state index in [1.54, 1.807) is 13.0 Å². The lowest BCUT2D eigenvalue weighted by Crippen LogP contribution is -2.06. The van der Waals surface area contributed by atoms with Crippen LogP contribution in [0.2, 0.25) is 0 Å². The third-order valence-corrected chi connectivity index (χ3v) is 2.61. The zero-order valence-corrected chi connectivity index (χ0v) is 11.0. The van der Waals surface area contributed by atoms with Gasteiger partial charge in [-0.25, -0.2) is 8.78 Å². The van der Waals surface area contributed by atoms with Crippen molar-refractivity contribution in [2.75, 3.05) is 6.61 Å². The van der Waals surface area contributed by atoms with Crippen molar-refractivity contribution in [3.8, 4) is 5.75 Å². The van der Waals surface area contributed by atoms with E-state index < -0.39 is 12.2 Å². The zero-order chi connectivity index (χ0) is 12.3. The van der Waals surface area contributed by atoms with Gasteiger partial charge in [-0.1, -0.05) is 0 Å². The van der Waals surface area contributed by atoms with Crippen molar-refractivity contribution in [2.45, 2.75) is 20.3 Å². The Morgan fingerprint density at radius 3 is 2.56 bits per heavy atom. The first-order valence-electron chi connectivity index (χ1n) is 4.72. The maximum absolute atomic E-state index is 12.8. The minimum absolute atomic E-state index is 0.0164. The Morgan fingerprint density at radius 2 is 2.12 bits per heavy atom. The van der Waals surface area contributed by atoms with E-state index in [4.69, 9.17) is 4.74 Å². The highest BCUT2D eigenvalue weighted by Crippen LogP contribution is 2.32. The standard InChI is InChI=1S/C11H11F2IO2/c1-3-16-9-5-7(14)4-8(11(12)13)10(9)6(2)15/h4-5,11H,3H2,1-2H3. The highest BCUT2D eigenvalue weighted by atomic mass is 127. The first-order chi connectivity index (χ1) is 7.47. The van der Waals surface area contributed by atoms with Crippen molar-refractivity contribution >= 4 is 28.4 Å². The number of benzene rings is 1. The van der Waals surface area contributed by atoms with E-state index >= 15 is 0 Å². The highest BCUT2D eigenvalue weighted by Gasteiger charge is 2.21. The van der Waals surface area contributed by atoms with Gasteiger partial charge in [0.05, 0.1) is 12.2 Å². The quantitative estimate of drug-likeness (QED) is 0.615. The average Bonchev–Trinajstić information content (AvgIpc) is 2.16. The van der Waals surface area contributed by atoms with Crippen LogP contribution in [0.25, 0.3) is 0 Å². The molecule has 0 bridgehead atoms. The molecule has 0 atom stereocenters. The molecule has 0 aliphatic carbocycles. The summed E-state index contributed by atoms with van der Waals surface area (Å²) in [6.45, 7) is 3.34. The van der Waals surface area contributed by atoms with E-state index in [1.807, 2.05) is 22.6 Å². The van der Waals surface area contributed by atoms with E-state index in [2.05, 4.69) is 0 Å². The Hall–Kier alpha value is -0.720. The Balaban J connectivity index is 3.41. The summed E-state index contributed by atoms with van der Waals surface area (Å²) >= 11 is 1.92. The molecule has 0 heterocycles. The number of ether oxygens (including phenoxy) is 1. The fourth-order valence-corrected chi connectivity index (χ4v) is 2.04. The lowest BCUT2D eigenvalue weighted by atomic mass is 10.0. The maximum atomic E-state index is 12.8. The van der Waals surface area contributed by atoms with Gasteiger partial charge >= 0.3 is 0 Å². The van der Waals surface area contributed by atoms with Crippen LogP contribution in [0.4, 0.5) is 8.78 Å². The second-order valence-electron chi connectivity index (χ2n) is 3.16. The molecule has 16 heavy (non-hydrogen) atoms. The predicted octanol–water partition coefficient (Wildman–Crippen LogP) is 3.83. The summed E-state index contributed by atoms with van der Waals surface area (Å²) in [5, 5.41) is 0. The third-order valence-electron chi connectivity index (χ3n) is 1.98. The number of alkyl halides is 2. The number of hydrogen-bond acceptors (Lipinski definition) is 2. The van der Waals surface area contributed by atoms with Crippen LogP contribution in [0.1, 0.15) is 36.2 Å². The van der Waals surface area contributed by atoms with Crippen LogP contribution in [0, 0.1) is 3.57 Å². The van der Waals surface area contributed by atoms with Gasteiger partial charge in [0.1, 0.15) is 5.75 Å². The summed E-state index contributed by atoms with van der Waals surface area (Å²) < 4.78 is 31.4. The van der Waals surface area contributed by atoms with Gasteiger partial charge in [0.25, 0.3) is 6.43 Å². The van der Waals surface area contributed by atoms with E-state index in [0.717, 1.165) is 0 Å². The lowest BCUT2D eigenvalue weighted by molar-refractivity contribution is 0.0994. The van der Waals surface area contributed by atoms with Crippen molar-refractivity contribution < 1.29 is 18.3 Å². The molecule has 5 heteroatoms. The number of carbonyl (C=O) groups excluding carboxylic acids is 1. The summed E-state index contributed by atoms with van der Waals surface area (Å²) in [4.78, 5) is 11.4. The molecule has 0 spiro atoms. The molecule has 0 saturated carbocycles. The molecule has 0 aliphatic heterocycles. The molecule has 88 valence electrons. The van der Waals surface area contributed by atoms with Gasteiger partial charge in [0, 0.05) is 9.13 Å². The molecule has 2 nitrogen and oxygen atoms in total. The van der Waals surface area contributed by atoms with E-state index in [9.17, 15) is 13.6 Å². The molecule has 1 rings (SSSR count). The van der Waals surface area contributed by atoms with Crippen LogP contribution in [0.3, 0.4) is 0 Å². The Morgan fingerprint density at radius 1 is 1.50 bits per heavy atom. The van der Waals surface area contributed by atoms with Gasteiger partial charge in [-0.15, -0.1) is 0 Å². The van der Waals surface area contributed by atoms with Crippen molar-refractivity contribution in [3.05, 3.63) is 26.8 Å². The van der Waals surface area contributed by atoms with Gasteiger partial charge < -0.3 is 4.74 Å². The molecule has 0 unspecified atom stereocenters. The van der Waals surface area contributed by atoms with E-state index in [-0.39, 0.29) is 16.9 Å². The molecule has 0 amide bonds. The molecule has 0 fully saturated rings. The molecule has 1 aromatic rings. The first kappa shape index (κ1) is 13.3. The number of rotatable bonds is 4. The Labute approximate surface area is 106 Å². The topological polar surface area (TPSA) is 26.3 Å². The normalized spacial score (nSPS) is 10.6. The van der Waals surface area contributed by atoms with Gasteiger partial charge in [0.15, 0.2) is 5.78 Å². The number of Topliss-reactive ketones (excluding diaryl/α,β-unsaturated/α-hetero) is 1. The minimum Gasteiger partial charge on any atom is -0.493 e. The smallest absolute Gasteiger partial charge is 0.264 e. The monoisotopic (exact) mass is 340 g/mol. The summed E-state index contributed by atoms with van der Waals surface area (Å²) in [7, 11) is 0. The second-order valence-corrected chi connectivity index (χ2v) is 4.40. The summed E-state index contributed by atoms with van der Waals surface area (Å²) in [5.74, 6) is -0.174. The average molecular weight is 340 g/mol. The number of ketones is 1. The Bertz CT molecular complexity index is 405. The fourth-order valence-electron chi connectivity index (χ4n) is 1.42. The molecule has 0 N–H and O–H groups in total. The maximum Gasteiger partial charge on any atom is 0.264 e. The van der Waals surface area contributed by atoms with Crippen LogP contribution in [0.15, 0.2) is 12.1 Å². The molecule has 0 aliphatic rings. The van der Waals surface area contributed by atoms with Crippen LogP contribution >= 0.6 is 22.6 Å². The largest absolute Gasteiger partial charge is 0.493 e. The van der Waals surface area contributed by atoms with Crippen molar-refractivity contribution in [1.29, 1.82) is 0 Å². The molecule has 0 aromatic heterocycles. The molecule has 1 aromatic carbocycles. The van der Waals surface area contributed by atoms with Crippen LogP contribution < -0.4 is 4.74 Å². The number of halogens is 3. The molecular formula is C11H11F2IO2. The van der Waals surface area contributed by atoms with Gasteiger partial charge in [-0.2, -0.15) is 0 Å². The molecule has 0 radical (unpaired) electrons. The predicted molar refractivity (Wildman–Crippen MR) is 65.3 cm³/mol. The SMILES string of the molecule is CCOc1cc(I)cc(C(F)F)c1C(C)=O. The first-order valence-corrected chi connectivity index (χ1v) is 5.80. The van der Waals surface area contributed by atoms with Crippen LogP contribution in [-0.4, -0.2) is 12.4 Å². The van der Waals surface area contributed by atoms with Crippen molar-refractivity contribution in [2.24, 2.45) is 0 Å². The minimum atomic E-state index is -2.67. The van der Waals surface area contributed by atoms with Gasteiger partial charge in [0.2, 0.25) is 0 Å². The third kappa shape index (κ3) is 2.90. The fraction of sp³-hybridized carbons (Fsp3) is 0.364. The van der Waals surface area contributed by atoms with Gasteiger partial charge in [-0.3, -0.25) is 4.79 Å². The summed E-state index contributed by atoms with van der Waals surface area (Å²) in [6, 6.07) is 2.90. The highest BCUT2D eigenvalue weighted by molar-refractivity contribution is 14.1. The van der Waals surface area contributed by atoms with E-state index in [1.165, 1.54) is 13.0 Å². The molecular weight excluding hydrogens is 329 g/mol. The second kappa shape index (κ2) is 5.56. The number of hydrogen-bond donors (Lipinski definition) is 0. The van der Waals surface area contributed by atoms with Crippen LogP contribution in [-0.2, 0) is 0 Å². The molecule has 0 saturated heterocycles. The van der Waals surface area contributed by atoms with Gasteiger partial charge in [-0.05, 0) is 48.6 Å². The van der Waals surface area contributed by atoms with Crippen LogP contribution in [0.5, 0.6) is 5.75 Å². The van der Waals surface area contributed by atoms with E-state index in [0.29, 0.717) is 10.2 Å². The van der Waals surface area contributed by atoms with Crippen molar-refractivity contribution in [1.82, 2.24) is 0 Å². The summed E-state index contributed by atoms with van der Waals surface area (Å²) in [6.07, 6.45) is -2.67. The number of carbonyl (C=O) groups is 1. The zero-order valence-electron chi connectivity index (χ0n) is 8.89.